The van der Waals surface area contributed by atoms with Crippen LogP contribution in [0.1, 0.15) is 23.7 Å². The Morgan fingerprint density at radius 3 is 2.95 bits per heavy atom. The van der Waals surface area contributed by atoms with Crippen LogP contribution in [-0.2, 0) is 4.74 Å². The van der Waals surface area contributed by atoms with E-state index in [1.165, 1.54) is 4.90 Å². The standard InChI is InChI=1S/C13H16F2N2O2/c1-2-8-7-17(5-6-19-8)13(18)11-9(14)3-4-10(16)12(11)15/h3-4,8H,2,5-7,16H2,1H3. The fourth-order valence-electron chi connectivity index (χ4n) is 2.07. The highest BCUT2D eigenvalue weighted by Crippen LogP contribution is 2.21. The van der Waals surface area contributed by atoms with E-state index < -0.39 is 23.1 Å². The number of anilines is 1. The normalized spacial score (nSPS) is 19.5. The highest BCUT2D eigenvalue weighted by Gasteiger charge is 2.28. The molecule has 0 aromatic heterocycles. The van der Waals surface area contributed by atoms with Gasteiger partial charge in [0.15, 0.2) is 5.82 Å². The predicted molar refractivity (Wildman–Crippen MR) is 66.7 cm³/mol. The number of ether oxygens (including phenoxy) is 1. The van der Waals surface area contributed by atoms with Gasteiger partial charge in [0.2, 0.25) is 0 Å². The third kappa shape index (κ3) is 2.68. The minimum absolute atomic E-state index is 0.0927. The van der Waals surface area contributed by atoms with Gasteiger partial charge in [-0.15, -0.1) is 0 Å². The second-order valence-corrected chi connectivity index (χ2v) is 4.48. The molecule has 1 unspecified atom stereocenters. The lowest BCUT2D eigenvalue weighted by molar-refractivity contribution is -0.0229. The maximum atomic E-state index is 13.8. The van der Waals surface area contributed by atoms with Gasteiger partial charge in [0, 0.05) is 13.1 Å². The molecule has 1 saturated heterocycles. The van der Waals surface area contributed by atoms with Gasteiger partial charge in [-0.1, -0.05) is 6.92 Å². The molecule has 2 rings (SSSR count). The number of hydrogen-bond acceptors (Lipinski definition) is 3. The summed E-state index contributed by atoms with van der Waals surface area (Å²) in [6, 6.07) is 2.11. The molecule has 4 nitrogen and oxygen atoms in total. The summed E-state index contributed by atoms with van der Waals surface area (Å²) in [6.45, 7) is 2.96. The van der Waals surface area contributed by atoms with Crippen LogP contribution in [-0.4, -0.2) is 36.6 Å². The smallest absolute Gasteiger partial charge is 0.260 e. The average Bonchev–Trinajstić information content (AvgIpc) is 2.43. The van der Waals surface area contributed by atoms with Crippen molar-refractivity contribution in [3.05, 3.63) is 29.3 Å². The Labute approximate surface area is 110 Å². The summed E-state index contributed by atoms with van der Waals surface area (Å²) in [6.07, 6.45) is 0.649. The molecule has 1 aliphatic rings. The van der Waals surface area contributed by atoms with E-state index in [1.807, 2.05) is 6.92 Å². The van der Waals surface area contributed by atoms with E-state index in [0.717, 1.165) is 18.6 Å². The molecule has 0 spiro atoms. The first-order valence-electron chi connectivity index (χ1n) is 6.19. The van der Waals surface area contributed by atoms with E-state index in [-0.39, 0.29) is 11.8 Å². The summed E-state index contributed by atoms with van der Waals surface area (Å²) >= 11 is 0. The van der Waals surface area contributed by atoms with Gasteiger partial charge in [0.05, 0.1) is 18.4 Å². The molecule has 1 aliphatic heterocycles. The summed E-state index contributed by atoms with van der Waals surface area (Å²) in [5.41, 5.74) is 4.56. The lowest BCUT2D eigenvalue weighted by Crippen LogP contribution is -2.45. The quantitative estimate of drug-likeness (QED) is 0.834. The van der Waals surface area contributed by atoms with Crippen LogP contribution in [0.3, 0.4) is 0 Å². The first-order chi connectivity index (χ1) is 9.04. The van der Waals surface area contributed by atoms with Crippen molar-refractivity contribution < 1.29 is 18.3 Å². The molecule has 0 radical (unpaired) electrons. The van der Waals surface area contributed by atoms with Gasteiger partial charge in [0.25, 0.3) is 5.91 Å². The van der Waals surface area contributed by atoms with Crippen molar-refractivity contribution in [2.45, 2.75) is 19.4 Å². The SMILES string of the molecule is CCC1CN(C(=O)c2c(F)ccc(N)c2F)CCO1. The van der Waals surface area contributed by atoms with Gasteiger partial charge in [-0.05, 0) is 18.6 Å². The summed E-state index contributed by atoms with van der Waals surface area (Å²) in [5, 5.41) is 0. The van der Waals surface area contributed by atoms with Crippen LogP contribution in [0.2, 0.25) is 0 Å². The number of nitrogen functional groups attached to an aromatic ring is 1. The zero-order valence-corrected chi connectivity index (χ0v) is 10.7. The van der Waals surface area contributed by atoms with Gasteiger partial charge in [-0.25, -0.2) is 8.78 Å². The molecule has 1 fully saturated rings. The Kier molecular flexibility index (Phi) is 3.99. The summed E-state index contributed by atoms with van der Waals surface area (Å²) in [7, 11) is 0. The molecule has 104 valence electrons. The average molecular weight is 270 g/mol. The van der Waals surface area contributed by atoms with Crippen LogP contribution < -0.4 is 5.73 Å². The molecule has 1 atom stereocenters. The number of carbonyl (C=O) groups excluding carboxylic acids is 1. The summed E-state index contributed by atoms with van der Waals surface area (Å²) in [5.74, 6) is -2.56. The number of nitrogens with zero attached hydrogens (tertiary/aromatic N) is 1. The zero-order valence-electron chi connectivity index (χ0n) is 10.7. The van der Waals surface area contributed by atoms with Crippen molar-refractivity contribution in [1.29, 1.82) is 0 Å². The Bertz CT molecular complexity index is 494. The molecule has 19 heavy (non-hydrogen) atoms. The number of morpholine rings is 1. The van der Waals surface area contributed by atoms with E-state index in [4.69, 9.17) is 10.5 Å². The fourth-order valence-corrected chi connectivity index (χ4v) is 2.07. The molecule has 1 heterocycles. The molecule has 2 N–H and O–H groups in total. The van der Waals surface area contributed by atoms with Crippen LogP contribution in [0.25, 0.3) is 0 Å². The van der Waals surface area contributed by atoms with Crippen LogP contribution in [0.5, 0.6) is 0 Å². The van der Waals surface area contributed by atoms with Gasteiger partial charge < -0.3 is 15.4 Å². The number of carbonyl (C=O) groups is 1. The van der Waals surface area contributed by atoms with Crippen LogP contribution >= 0.6 is 0 Å². The predicted octanol–water partition coefficient (Wildman–Crippen LogP) is 1.80. The van der Waals surface area contributed by atoms with Gasteiger partial charge in [-0.2, -0.15) is 0 Å². The first kappa shape index (κ1) is 13.7. The van der Waals surface area contributed by atoms with E-state index in [2.05, 4.69) is 0 Å². The summed E-state index contributed by atoms with van der Waals surface area (Å²) < 4.78 is 32.9. The highest BCUT2D eigenvalue weighted by atomic mass is 19.1. The number of amides is 1. The molecule has 0 aliphatic carbocycles. The van der Waals surface area contributed by atoms with Crippen molar-refractivity contribution in [2.75, 3.05) is 25.4 Å². The van der Waals surface area contributed by atoms with Crippen LogP contribution in [0.15, 0.2) is 12.1 Å². The van der Waals surface area contributed by atoms with Crippen LogP contribution in [0.4, 0.5) is 14.5 Å². The second-order valence-electron chi connectivity index (χ2n) is 4.48. The van der Waals surface area contributed by atoms with Crippen molar-refractivity contribution >= 4 is 11.6 Å². The monoisotopic (exact) mass is 270 g/mol. The number of benzene rings is 1. The lowest BCUT2D eigenvalue weighted by atomic mass is 10.1. The van der Waals surface area contributed by atoms with E-state index in [1.54, 1.807) is 0 Å². The Balaban J connectivity index is 2.27. The van der Waals surface area contributed by atoms with Crippen LogP contribution in [0, 0.1) is 11.6 Å². The first-order valence-corrected chi connectivity index (χ1v) is 6.19. The van der Waals surface area contributed by atoms with Gasteiger partial charge >= 0.3 is 0 Å². The molecular weight excluding hydrogens is 254 g/mol. The topological polar surface area (TPSA) is 55.6 Å². The molecule has 0 bridgehead atoms. The van der Waals surface area contributed by atoms with Crippen molar-refractivity contribution in [3.63, 3.8) is 0 Å². The zero-order chi connectivity index (χ0) is 14.0. The van der Waals surface area contributed by atoms with Crippen molar-refractivity contribution in [1.82, 2.24) is 4.90 Å². The van der Waals surface area contributed by atoms with E-state index in [0.29, 0.717) is 19.7 Å². The minimum Gasteiger partial charge on any atom is -0.396 e. The number of hydrogen-bond donors (Lipinski definition) is 1. The van der Waals surface area contributed by atoms with E-state index >= 15 is 0 Å². The third-order valence-corrected chi connectivity index (χ3v) is 3.22. The second kappa shape index (κ2) is 5.52. The minimum atomic E-state index is -0.996. The molecule has 1 amide bonds. The number of nitrogens with two attached hydrogens (primary N) is 1. The number of rotatable bonds is 2. The highest BCUT2D eigenvalue weighted by molar-refractivity contribution is 5.95. The van der Waals surface area contributed by atoms with E-state index in [9.17, 15) is 13.6 Å². The largest absolute Gasteiger partial charge is 0.396 e. The number of halogens is 2. The maximum Gasteiger partial charge on any atom is 0.260 e. The Morgan fingerprint density at radius 1 is 1.53 bits per heavy atom. The lowest BCUT2D eigenvalue weighted by Gasteiger charge is -2.32. The Hall–Kier alpha value is -1.69. The maximum absolute atomic E-state index is 13.8. The molecular formula is C13H16F2N2O2. The molecule has 1 aromatic rings. The van der Waals surface area contributed by atoms with Gasteiger partial charge in [0.1, 0.15) is 11.4 Å². The fraction of sp³-hybridized carbons (Fsp3) is 0.462. The van der Waals surface area contributed by atoms with Gasteiger partial charge in [-0.3, -0.25) is 4.79 Å². The third-order valence-electron chi connectivity index (χ3n) is 3.22. The van der Waals surface area contributed by atoms with Crippen molar-refractivity contribution in [2.24, 2.45) is 0 Å². The summed E-state index contributed by atoms with van der Waals surface area (Å²) in [4.78, 5) is 13.6. The molecule has 6 heteroatoms. The molecule has 1 aromatic carbocycles. The Morgan fingerprint density at radius 2 is 2.26 bits per heavy atom. The van der Waals surface area contributed by atoms with Crippen molar-refractivity contribution in [3.8, 4) is 0 Å². The molecule has 0 saturated carbocycles.